The molecule has 1 unspecified atom stereocenters. The number of ether oxygens (including phenoxy) is 1. The van der Waals surface area contributed by atoms with E-state index in [0.717, 1.165) is 25.7 Å². The number of nitrogens with one attached hydrogen (secondary N) is 1. The fraction of sp³-hybridized carbons (Fsp3) is 0.529. The number of carbonyl (C=O) groups is 2. The molecule has 0 radical (unpaired) electrons. The van der Waals surface area contributed by atoms with Gasteiger partial charge in [-0.25, -0.2) is 0 Å². The monoisotopic (exact) mass is 289 g/mol. The Balaban J connectivity index is 2.23. The van der Waals surface area contributed by atoms with Gasteiger partial charge in [0.2, 0.25) is 0 Å². The van der Waals surface area contributed by atoms with Crippen LogP contribution < -0.4 is 10.1 Å². The van der Waals surface area contributed by atoms with Gasteiger partial charge in [0.1, 0.15) is 5.75 Å². The van der Waals surface area contributed by atoms with Crippen LogP contribution in [0.2, 0.25) is 0 Å². The third-order valence-electron chi connectivity index (χ3n) is 3.84. The molecular weight excluding hydrogens is 266 g/mol. The molecule has 1 amide bonds. The van der Waals surface area contributed by atoms with E-state index in [1.54, 1.807) is 25.1 Å². The SMILES string of the molecule is CCCC(CCC)C(=O)c1ccc2c(c1)NC(=O)C(C)O2. The molecule has 1 atom stereocenters. The molecule has 0 fully saturated rings. The Kier molecular flexibility index (Phi) is 4.99. The minimum atomic E-state index is -0.494. The van der Waals surface area contributed by atoms with Crippen LogP contribution in [-0.2, 0) is 4.79 Å². The summed E-state index contributed by atoms with van der Waals surface area (Å²) in [6.45, 7) is 5.90. The second-order valence-electron chi connectivity index (χ2n) is 5.60. The minimum absolute atomic E-state index is 0.0668. The van der Waals surface area contributed by atoms with E-state index in [-0.39, 0.29) is 17.6 Å². The average Bonchev–Trinajstić information content (AvgIpc) is 2.47. The summed E-state index contributed by atoms with van der Waals surface area (Å²) in [5, 5.41) is 2.79. The van der Waals surface area contributed by atoms with Crippen LogP contribution in [0, 0.1) is 5.92 Å². The van der Waals surface area contributed by atoms with Crippen molar-refractivity contribution in [2.24, 2.45) is 5.92 Å². The van der Waals surface area contributed by atoms with Gasteiger partial charge >= 0.3 is 0 Å². The Bertz CT molecular complexity index is 533. The number of anilines is 1. The highest BCUT2D eigenvalue weighted by molar-refractivity contribution is 6.02. The van der Waals surface area contributed by atoms with E-state index in [1.807, 2.05) is 0 Å². The summed E-state index contributed by atoms with van der Waals surface area (Å²) in [6, 6.07) is 5.30. The highest BCUT2D eigenvalue weighted by Crippen LogP contribution is 2.32. The highest BCUT2D eigenvalue weighted by Gasteiger charge is 2.25. The summed E-state index contributed by atoms with van der Waals surface area (Å²) < 4.78 is 5.51. The Morgan fingerprint density at radius 1 is 1.29 bits per heavy atom. The van der Waals surface area contributed by atoms with E-state index in [0.29, 0.717) is 17.0 Å². The number of carbonyl (C=O) groups excluding carboxylic acids is 2. The predicted octanol–water partition coefficient (Wildman–Crippen LogP) is 3.81. The molecule has 1 aromatic rings. The van der Waals surface area contributed by atoms with Crippen LogP contribution in [0.15, 0.2) is 18.2 Å². The summed E-state index contributed by atoms with van der Waals surface area (Å²) in [7, 11) is 0. The van der Waals surface area contributed by atoms with Gasteiger partial charge in [-0.3, -0.25) is 9.59 Å². The molecule has 2 rings (SSSR count). The van der Waals surface area contributed by atoms with E-state index in [1.165, 1.54) is 0 Å². The molecule has 0 saturated heterocycles. The average molecular weight is 289 g/mol. The van der Waals surface area contributed by atoms with Crippen molar-refractivity contribution in [3.63, 3.8) is 0 Å². The zero-order valence-corrected chi connectivity index (χ0v) is 12.9. The quantitative estimate of drug-likeness (QED) is 0.810. The molecule has 0 spiro atoms. The Morgan fingerprint density at radius 2 is 1.95 bits per heavy atom. The molecule has 1 N–H and O–H groups in total. The van der Waals surface area contributed by atoms with E-state index in [2.05, 4.69) is 19.2 Å². The molecule has 114 valence electrons. The number of Topliss-reactive ketones (excluding diaryl/α,β-unsaturated/α-hetero) is 1. The third kappa shape index (κ3) is 3.43. The van der Waals surface area contributed by atoms with Crippen molar-refractivity contribution in [3.05, 3.63) is 23.8 Å². The van der Waals surface area contributed by atoms with Crippen molar-refractivity contribution in [3.8, 4) is 5.75 Å². The summed E-state index contributed by atoms with van der Waals surface area (Å²) in [5.41, 5.74) is 1.25. The number of fused-ring (bicyclic) bond motifs is 1. The molecule has 1 aliphatic heterocycles. The van der Waals surface area contributed by atoms with Crippen molar-refractivity contribution >= 4 is 17.4 Å². The Morgan fingerprint density at radius 3 is 2.57 bits per heavy atom. The van der Waals surface area contributed by atoms with Crippen LogP contribution >= 0.6 is 0 Å². The van der Waals surface area contributed by atoms with Crippen LogP contribution in [0.25, 0.3) is 0 Å². The standard InChI is InChI=1S/C17H23NO3/c1-4-6-12(7-5-2)16(19)13-8-9-15-14(10-13)18-17(20)11(3)21-15/h8-12H,4-7H2,1-3H3,(H,18,20). The number of hydrogen-bond acceptors (Lipinski definition) is 3. The number of ketones is 1. The molecule has 0 aliphatic carbocycles. The maximum Gasteiger partial charge on any atom is 0.265 e. The van der Waals surface area contributed by atoms with Gasteiger partial charge in [0.15, 0.2) is 11.9 Å². The summed E-state index contributed by atoms with van der Waals surface area (Å²) >= 11 is 0. The number of rotatable bonds is 6. The first kappa shape index (κ1) is 15.5. The topological polar surface area (TPSA) is 55.4 Å². The Labute approximate surface area is 125 Å². The van der Waals surface area contributed by atoms with Gasteiger partial charge in [0.25, 0.3) is 5.91 Å². The number of benzene rings is 1. The third-order valence-corrected chi connectivity index (χ3v) is 3.84. The maximum absolute atomic E-state index is 12.6. The lowest BCUT2D eigenvalue weighted by Crippen LogP contribution is -2.34. The molecule has 1 heterocycles. The van der Waals surface area contributed by atoms with Gasteiger partial charge < -0.3 is 10.1 Å². The van der Waals surface area contributed by atoms with Gasteiger partial charge in [-0.15, -0.1) is 0 Å². The van der Waals surface area contributed by atoms with Gasteiger partial charge in [-0.1, -0.05) is 26.7 Å². The Hall–Kier alpha value is -1.84. The summed E-state index contributed by atoms with van der Waals surface area (Å²) in [6.07, 6.45) is 3.32. The second-order valence-corrected chi connectivity index (χ2v) is 5.60. The van der Waals surface area contributed by atoms with Crippen molar-refractivity contribution in [1.82, 2.24) is 0 Å². The minimum Gasteiger partial charge on any atom is -0.479 e. The first-order valence-corrected chi connectivity index (χ1v) is 7.72. The molecule has 1 aliphatic rings. The molecule has 0 bridgehead atoms. The summed E-state index contributed by atoms with van der Waals surface area (Å²) in [5.74, 6) is 0.679. The van der Waals surface area contributed by atoms with E-state index >= 15 is 0 Å². The molecule has 4 nitrogen and oxygen atoms in total. The van der Waals surface area contributed by atoms with Crippen molar-refractivity contribution in [2.45, 2.75) is 52.6 Å². The fourth-order valence-electron chi connectivity index (χ4n) is 2.70. The second kappa shape index (κ2) is 6.74. The predicted molar refractivity (Wildman–Crippen MR) is 82.8 cm³/mol. The first-order chi connectivity index (χ1) is 10.1. The van der Waals surface area contributed by atoms with Crippen molar-refractivity contribution in [1.29, 1.82) is 0 Å². The molecule has 4 heteroatoms. The highest BCUT2D eigenvalue weighted by atomic mass is 16.5. The van der Waals surface area contributed by atoms with E-state index in [4.69, 9.17) is 4.74 Å². The molecule has 1 aromatic carbocycles. The largest absolute Gasteiger partial charge is 0.479 e. The van der Waals surface area contributed by atoms with Gasteiger partial charge in [0.05, 0.1) is 5.69 Å². The zero-order valence-electron chi connectivity index (χ0n) is 12.9. The molecular formula is C17H23NO3. The molecule has 0 aromatic heterocycles. The molecule has 21 heavy (non-hydrogen) atoms. The first-order valence-electron chi connectivity index (χ1n) is 7.72. The lowest BCUT2D eigenvalue weighted by Gasteiger charge is -2.24. The van der Waals surface area contributed by atoms with Crippen molar-refractivity contribution < 1.29 is 14.3 Å². The van der Waals surface area contributed by atoms with E-state index in [9.17, 15) is 9.59 Å². The maximum atomic E-state index is 12.6. The smallest absolute Gasteiger partial charge is 0.265 e. The fourth-order valence-corrected chi connectivity index (χ4v) is 2.70. The van der Waals surface area contributed by atoms with Crippen LogP contribution in [-0.4, -0.2) is 17.8 Å². The van der Waals surface area contributed by atoms with Crippen LogP contribution in [0.4, 0.5) is 5.69 Å². The number of amides is 1. The van der Waals surface area contributed by atoms with Gasteiger partial charge in [0, 0.05) is 11.5 Å². The van der Waals surface area contributed by atoms with Crippen molar-refractivity contribution in [2.75, 3.05) is 5.32 Å². The summed E-state index contributed by atoms with van der Waals surface area (Å²) in [4.78, 5) is 24.3. The van der Waals surface area contributed by atoms with Crippen LogP contribution in [0.1, 0.15) is 56.8 Å². The van der Waals surface area contributed by atoms with Gasteiger partial charge in [-0.2, -0.15) is 0 Å². The lowest BCUT2D eigenvalue weighted by atomic mass is 9.89. The van der Waals surface area contributed by atoms with Crippen LogP contribution in [0.3, 0.4) is 0 Å². The lowest BCUT2D eigenvalue weighted by molar-refractivity contribution is -0.122. The van der Waals surface area contributed by atoms with Crippen LogP contribution in [0.5, 0.6) is 5.75 Å². The van der Waals surface area contributed by atoms with E-state index < -0.39 is 6.10 Å². The van der Waals surface area contributed by atoms with Gasteiger partial charge in [-0.05, 0) is 38.0 Å². The number of hydrogen-bond donors (Lipinski definition) is 1. The normalized spacial score (nSPS) is 17.1. The zero-order chi connectivity index (χ0) is 15.4. The molecule has 0 saturated carbocycles.